The molecule has 4 heteroatoms. The van der Waals surface area contributed by atoms with Crippen LogP contribution < -0.4 is 9.47 Å². The minimum atomic E-state index is -0.404. The van der Waals surface area contributed by atoms with E-state index in [1.165, 1.54) is 6.92 Å². The third kappa shape index (κ3) is 4.50. The Bertz CT molecular complexity index is 1280. The summed E-state index contributed by atoms with van der Waals surface area (Å²) in [6, 6.07) is 22.6. The van der Waals surface area contributed by atoms with Crippen LogP contribution in [0.25, 0.3) is 21.5 Å². The van der Waals surface area contributed by atoms with Crippen molar-refractivity contribution >= 4 is 33.3 Å². The maximum atomic E-state index is 13.7. The molecule has 0 atom stereocenters. The molecule has 4 aromatic rings. The highest BCUT2D eigenvalue weighted by Crippen LogP contribution is 2.34. The molecule has 0 saturated heterocycles. The molecular weight excluding hydrogens is 400 g/mol. The smallest absolute Gasteiger partial charge is 0.308 e. The van der Waals surface area contributed by atoms with E-state index >= 15 is 0 Å². The van der Waals surface area contributed by atoms with Crippen LogP contribution in [0.2, 0.25) is 0 Å². The average molecular weight is 427 g/mol. The zero-order chi connectivity index (χ0) is 22.5. The Balaban J connectivity index is 1.82. The lowest BCUT2D eigenvalue weighted by molar-refractivity contribution is -0.131. The van der Waals surface area contributed by atoms with E-state index < -0.39 is 5.97 Å². The van der Waals surface area contributed by atoms with Crippen molar-refractivity contribution in [2.75, 3.05) is 6.61 Å². The van der Waals surface area contributed by atoms with Gasteiger partial charge in [0.15, 0.2) is 5.78 Å². The quantitative estimate of drug-likeness (QED) is 0.136. The first kappa shape index (κ1) is 21.6. The fourth-order valence-electron chi connectivity index (χ4n) is 3.96. The number of hydrogen-bond acceptors (Lipinski definition) is 4. The number of ketones is 1. The maximum Gasteiger partial charge on any atom is 0.308 e. The lowest BCUT2D eigenvalue weighted by Crippen LogP contribution is -2.06. The van der Waals surface area contributed by atoms with E-state index in [9.17, 15) is 9.59 Å². The van der Waals surface area contributed by atoms with E-state index in [-0.39, 0.29) is 5.78 Å². The van der Waals surface area contributed by atoms with Crippen LogP contribution in [0.4, 0.5) is 0 Å². The molecule has 0 aromatic heterocycles. The van der Waals surface area contributed by atoms with E-state index in [0.29, 0.717) is 28.9 Å². The third-order valence-electron chi connectivity index (χ3n) is 5.49. The molecule has 0 radical (unpaired) electrons. The lowest BCUT2D eigenvalue weighted by Gasteiger charge is -2.14. The summed E-state index contributed by atoms with van der Waals surface area (Å²) < 4.78 is 11.3. The van der Waals surface area contributed by atoms with Crippen LogP contribution in [0, 0.1) is 0 Å². The molecule has 0 bridgehead atoms. The second-order valence-electron chi connectivity index (χ2n) is 7.82. The fraction of sp³-hybridized carbons (Fsp3) is 0.214. The highest BCUT2D eigenvalue weighted by Gasteiger charge is 2.18. The maximum absolute atomic E-state index is 13.7. The molecule has 4 rings (SSSR count). The second kappa shape index (κ2) is 9.65. The standard InChI is InChI=1S/C28H26O4/c1-3-4-7-17-31-27-16-15-25(26-18-21(32-19(2)29)13-14-23(26)27)28(30)24-12-8-10-20-9-5-6-11-22(20)24/h5-6,8-16,18H,3-4,7,17H2,1-2H3. The topological polar surface area (TPSA) is 52.6 Å². The molecule has 0 N–H and O–H groups in total. The number of ether oxygens (including phenoxy) is 2. The molecule has 0 aliphatic heterocycles. The Hall–Kier alpha value is -3.66. The van der Waals surface area contributed by atoms with Crippen molar-refractivity contribution in [1.29, 1.82) is 0 Å². The van der Waals surface area contributed by atoms with Gasteiger partial charge in [-0.2, -0.15) is 0 Å². The van der Waals surface area contributed by atoms with Crippen molar-refractivity contribution < 1.29 is 19.1 Å². The molecule has 0 heterocycles. The minimum Gasteiger partial charge on any atom is -0.493 e. The van der Waals surface area contributed by atoms with Gasteiger partial charge < -0.3 is 9.47 Å². The minimum absolute atomic E-state index is 0.0793. The number of rotatable bonds is 8. The molecule has 0 spiro atoms. The van der Waals surface area contributed by atoms with Crippen molar-refractivity contribution in [1.82, 2.24) is 0 Å². The second-order valence-corrected chi connectivity index (χ2v) is 7.82. The number of fused-ring (bicyclic) bond motifs is 2. The van der Waals surface area contributed by atoms with Gasteiger partial charge in [-0.15, -0.1) is 0 Å². The molecular formula is C28H26O4. The van der Waals surface area contributed by atoms with Gasteiger partial charge in [-0.25, -0.2) is 0 Å². The van der Waals surface area contributed by atoms with Crippen LogP contribution in [0.1, 0.15) is 49.0 Å². The van der Waals surface area contributed by atoms with E-state index in [0.717, 1.165) is 41.2 Å². The third-order valence-corrected chi connectivity index (χ3v) is 5.49. The Morgan fingerprint density at radius 2 is 1.56 bits per heavy atom. The van der Waals surface area contributed by atoms with Gasteiger partial charge in [0, 0.05) is 28.8 Å². The van der Waals surface area contributed by atoms with E-state index in [1.54, 1.807) is 18.2 Å². The number of benzene rings is 4. The number of esters is 1. The first-order valence-electron chi connectivity index (χ1n) is 11.0. The van der Waals surface area contributed by atoms with Gasteiger partial charge in [-0.1, -0.05) is 62.2 Å². The van der Waals surface area contributed by atoms with Crippen molar-refractivity contribution in [3.05, 3.63) is 83.9 Å². The summed E-state index contributed by atoms with van der Waals surface area (Å²) in [7, 11) is 0. The molecule has 0 aliphatic rings. The van der Waals surface area contributed by atoms with Crippen LogP contribution in [0.5, 0.6) is 11.5 Å². The zero-order valence-electron chi connectivity index (χ0n) is 18.4. The largest absolute Gasteiger partial charge is 0.493 e. The van der Waals surface area contributed by atoms with E-state index in [2.05, 4.69) is 6.92 Å². The zero-order valence-corrected chi connectivity index (χ0v) is 18.4. The normalized spacial score (nSPS) is 10.9. The molecule has 32 heavy (non-hydrogen) atoms. The highest BCUT2D eigenvalue weighted by atomic mass is 16.5. The molecule has 0 fully saturated rings. The van der Waals surface area contributed by atoms with E-state index in [1.807, 2.05) is 54.6 Å². The fourth-order valence-corrected chi connectivity index (χ4v) is 3.96. The highest BCUT2D eigenvalue weighted by molar-refractivity contribution is 6.22. The summed E-state index contributed by atoms with van der Waals surface area (Å²) in [4.78, 5) is 25.2. The molecule has 162 valence electrons. The van der Waals surface area contributed by atoms with Crippen molar-refractivity contribution in [3.63, 3.8) is 0 Å². The summed E-state index contributed by atoms with van der Waals surface area (Å²) in [5.41, 5.74) is 1.19. The summed E-state index contributed by atoms with van der Waals surface area (Å²) >= 11 is 0. The number of carbonyl (C=O) groups excluding carboxylic acids is 2. The Morgan fingerprint density at radius 3 is 2.38 bits per heavy atom. The van der Waals surface area contributed by atoms with Gasteiger partial charge in [0.1, 0.15) is 11.5 Å². The number of carbonyl (C=O) groups is 2. The Kier molecular flexibility index (Phi) is 6.50. The van der Waals surface area contributed by atoms with Crippen LogP contribution in [0.15, 0.2) is 72.8 Å². The Labute approximate surface area is 187 Å². The first-order valence-corrected chi connectivity index (χ1v) is 11.0. The van der Waals surface area contributed by atoms with Crippen molar-refractivity contribution in [2.45, 2.75) is 33.1 Å². The number of hydrogen-bond donors (Lipinski definition) is 0. The van der Waals surface area contributed by atoms with Crippen LogP contribution in [-0.2, 0) is 4.79 Å². The molecule has 4 aromatic carbocycles. The Morgan fingerprint density at radius 1 is 0.781 bits per heavy atom. The summed E-state index contributed by atoms with van der Waals surface area (Å²) in [6.45, 7) is 4.13. The molecule has 0 saturated carbocycles. The van der Waals surface area contributed by atoms with Crippen LogP contribution in [0.3, 0.4) is 0 Å². The monoisotopic (exact) mass is 426 g/mol. The van der Waals surface area contributed by atoms with Gasteiger partial charge in [-0.3, -0.25) is 9.59 Å². The molecule has 0 aliphatic carbocycles. The van der Waals surface area contributed by atoms with Gasteiger partial charge in [-0.05, 0) is 47.5 Å². The van der Waals surface area contributed by atoms with Gasteiger partial charge in [0.05, 0.1) is 6.61 Å². The number of unbranched alkanes of at least 4 members (excludes halogenated alkanes) is 2. The average Bonchev–Trinajstić information content (AvgIpc) is 2.80. The SMILES string of the molecule is CCCCCOc1ccc(C(=O)c2cccc3ccccc23)c2cc(OC(C)=O)ccc12. The predicted molar refractivity (Wildman–Crippen MR) is 128 cm³/mol. The molecule has 0 amide bonds. The molecule has 0 unspecified atom stereocenters. The molecule has 4 nitrogen and oxygen atoms in total. The lowest BCUT2D eigenvalue weighted by atomic mass is 9.93. The van der Waals surface area contributed by atoms with Crippen molar-refractivity contribution in [2.24, 2.45) is 0 Å². The van der Waals surface area contributed by atoms with Crippen molar-refractivity contribution in [3.8, 4) is 11.5 Å². The summed E-state index contributed by atoms with van der Waals surface area (Å²) in [5, 5.41) is 3.45. The van der Waals surface area contributed by atoms with Gasteiger partial charge >= 0.3 is 5.97 Å². The van der Waals surface area contributed by atoms with Crippen LogP contribution >= 0.6 is 0 Å². The van der Waals surface area contributed by atoms with Gasteiger partial charge in [0.25, 0.3) is 0 Å². The predicted octanol–water partition coefficient (Wildman–Crippen LogP) is 6.72. The van der Waals surface area contributed by atoms with E-state index in [4.69, 9.17) is 9.47 Å². The van der Waals surface area contributed by atoms with Crippen LogP contribution in [-0.4, -0.2) is 18.4 Å². The summed E-state index contributed by atoms with van der Waals surface area (Å²) in [6.07, 6.45) is 3.20. The van der Waals surface area contributed by atoms with Gasteiger partial charge in [0.2, 0.25) is 0 Å². The summed E-state index contributed by atoms with van der Waals surface area (Å²) in [5.74, 6) is 0.641. The first-order chi connectivity index (χ1) is 15.6.